The lowest BCUT2D eigenvalue weighted by Gasteiger charge is -2.11. The Hall–Kier alpha value is -1.88. The first-order valence-electron chi connectivity index (χ1n) is 6.46. The van der Waals surface area contributed by atoms with E-state index in [0.29, 0.717) is 11.6 Å². The molecule has 0 aliphatic heterocycles. The molecule has 2 rings (SSSR count). The number of pyridine rings is 1. The standard InChI is InChI=1S/C14H20N4O/c1-4-12(15)6-11-5-10(2)14(16-7-11)19-13-8-17-18(3)9-13/h5,7-9,12H,4,6,15H2,1-3H3. The molecule has 0 amide bonds. The number of nitrogens with zero attached hydrogens (tertiary/aromatic N) is 3. The summed E-state index contributed by atoms with van der Waals surface area (Å²) in [4.78, 5) is 4.36. The van der Waals surface area contributed by atoms with Gasteiger partial charge in [0.05, 0.1) is 12.4 Å². The molecule has 5 heteroatoms. The summed E-state index contributed by atoms with van der Waals surface area (Å²) in [5, 5.41) is 4.06. The number of hydrogen-bond donors (Lipinski definition) is 1. The molecule has 2 heterocycles. The van der Waals surface area contributed by atoms with E-state index in [4.69, 9.17) is 10.5 Å². The molecule has 0 aliphatic rings. The molecule has 5 nitrogen and oxygen atoms in total. The summed E-state index contributed by atoms with van der Waals surface area (Å²) in [5.74, 6) is 1.30. The summed E-state index contributed by atoms with van der Waals surface area (Å²) in [5.41, 5.74) is 8.10. The SMILES string of the molecule is CCC(N)Cc1cnc(Oc2cnn(C)c2)c(C)c1. The van der Waals surface area contributed by atoms with E-state index in [1.807, 2.05) is 26.4 Å². The van der Waals surface area contributed by atoms with Crippen molar-refractivity contribution in [3.63, 3.8) is 0 Å². The molecule has 19 heavy (non-hydrogen) atoms. The van der Waals surface area contributed by atoms with Gasteiger partial charge in [0.1, 0.15) is 0 Å². The maximum atomic E-state index is 5.95. The predicted octanol–water partition coefficient (Wildman–Crippen LogP) is 2.20. The molecule has 0 aromatic carbocycles. The monoisotopic (exact) mass is 260 g/mol. The third-order valence-corrected chi connectivity index (χ3v) is 3.00. The summed E-state index contributed by atoms with van der Waals surface area (Å²) in [6.45, 7) is 4.07. The second-order valence-electron chi connectivity index (χ2n) is 4.79. The molecule has 1 atom stereocenters. The largest absolute Gasteiger partial charge is 0.435 e. The summed E-state index contributed by atoms with van der Waals surface area (Å²) < 4.78 is 7.38. The Bertz CT molecular complexity index is 550. The van der Waals surface area contributed by atoms with Crippen LogP contribution in [-0.2, 0) is 13.5 Å². The summed E-state index contributed by atoms with van der Waals surface area (Å²) >= 11 is 0. The van der Waals surface area contributed by atoms with Gasteiger partial charge in [-0.25, -0.2) is 4.98 Å². The first-order chi connectivity index (χ1) is 9.08. The molecule has 0 radical (unpaired) electrons. The van der Waals surface area contributed by atoms with E-state index in [0.717, 1.165) is 24.0 Å². The van der Waals surface area contributed by atoms with Crippen molar-refractivity contribution in [3.8, 4) is 11.6 Å². The molecule has 0 saturated heterocycles. The summed E-state index contributed by atoms with van der Waals surface area (Å²) in [6, 6.07) is 2.26. The van der Waals surface area contributed by atoms with Crippen LogP contribution in [0.2, 0.25) is 0 Å². The molecule has 1 unspecified atom stereocenters. The van der Waals surface area contributed by atoms with Crippen LogP contribution in [0.4, 0.5) is 0 Å². The first-order valence-corrected chi connectivity index (χ1v) is 6.46. The third kappa shape index (κ3) is 3.54. The molecule has 0 fully saturated rings. The number of nitrogens with two attached hydrogens (primary N) is 1. The number of hydrogen-bond acceptors (Lipinski definition) is 4. The van der Waals surface area contributed by atoms with E-state index in [1.54, 1.807) is 10.9 Å². The van der Waals surface area contributed by atoms with E-state index < -0.39 is 0 Å². The minimum absolute atomic E-state index is 0.186. The quantitative estimate of drug-likeness (QED) is 0.895. The van der Waals surface area contributed by atoms with Gasteiger partial charge >= 0.3 is 0 Å². The highest BCUT2D eigenvalue weighted by Crippen LogP contribution is 2.22. The predicted molar refractivity (Wildman–Crippen MR) is 74.2 cm³/mol. The van der Waals surface area contributed by atoms with Gasteiger partial charge < -0.3 is 10.5 Å². The number of aromatic nitrogens is 3. The van der Waals surface area contributed by atoms with Crippen LogP contribution in [0.1, 0.15) is 24.5 Å². The Morgan fingerprint density at radius 1 is 1.42 bits per heavy atom. The van der Waals surface area contributed by atoms with Gasteiger partial charge in [0.25, 0.3) is 0 Å². The Kier molecular flexibility index (Phi) is 4.16. The molecule has 0 bridgehead atoms. The van der Waals surface area contributed by atoms with E-state index >= 15 is 0 Å². The molecule has 0 saturated carbocycles. The van der Waals surface area contributed by atoms with Crippen molar-refractivity contribution < 1.29 is 4.74 Å². The van der Waals surface area contributed by atoms with Crippen molar-refractivity contribution in [1.29, 1.82) is 0 Å². The maximum absolute atomic E-state index is 5.95. The van der Waals surface area contributed by atoms with Crippen molar-refractivity contribution in [1.82, 2.24) is 14.8 Å². The van der Waals surface area contributed by atoms with E-state index in [9.17, 15) is 0 Å². The second-order valence-corrected chi connectivity index (χ2v) is 4.79. The Labute approximate surface area is 113 Å². The average Bonchev–Trinajstić information content (AvgIpc) is 2.78. The van der Waals surface area contributed by atoms with Gasteiger partial charge in [-0.05, 0) is 31.4 Å². The number of ether oxygens (including phenoxy) is 1. The lowest BCUT2D eigenvalue weighted by molar-refractivity contribution is 0.457. The first kappa shape index (κ1) is 13.5. The van der Waals surface area contributed by atoms with Crippen LogP contribution in [0.25, 0.3) is 0 Å². The van der Waals surface area contributed by atoms with Crippen LogP contribution >= 0.6 is 0 Å². The zero-order valence-electron chi connectivity index (χ0n) is 11.6. The van der Waals surface area contributed by atoms with Gasteiger partial charge in [0.15, 0.2) is 5.75 Å². The van der Waals surface area contributed by atoms with Crippen LogP contribution < -0.4 is 10.5 Å². The van der Waals surface area contributed by atoms with Crippen molar-refractivity contribution in [2.75, 3.05) is 0 Å². The molecule has 0 aliphatic carbocycles. The Balaban J connectivity index is 2.10. The highest BCUT2D eigenvalue weighted by atomic mass is 16.5. The zero-order chi connectivity index (χ0) is 13.8. The minimum atomic E-state index is 0.186. The smallest absolute Gasteiger partial charge is 0.222 e. The van der Waals surface area contributed by atoms with E-state index in [-0.39, 0.29) is 6.04 Å². The summed E-state index contributed by atoms with van der Waals surface area (Å²) in [6.07, 6.45) is 7.11. The Morgan fingerprint density at radius 3 is 2.79 bits per heavy atom. The zero-order valence-corrected chi connectivity index (χ0v) is 11.6. The van der Waals surface area contributed by atoms with Gasteiger partial charge in [0.2, 0.25) is 5.88 Å². The van der Waals surface area contributed by atoms with Crippen LogP contribution in [0.5, 0.6) is 11.6 Å². The fraction of sp³-hybridized carbons (Fsp3) is 0.429. The van der Waals surface area contributed by atoms with Crippen molar-refractivity contribution in [3.05, 3.63) is 35.8 Å². The lowest BCUT2D eigenvalue weighted by atomic mass is 10.1. The van der Waals surface area contributed by atoms with Gasteiger partial charge in [-0.2, -0.15) is 5.10 Å². The maximum Gasteiger partial charge on any atom is 0.222 e. The van der Waals surface area contributed by atoms with Crippen LogP contribution in [-0.4, -0.2) is 20.8 Å². The van der Waals surface area contributed by atoms with E-state index in [2.05, 4.69) is 23.1 Å². The van der Waals surface area contributed by atoms with Gasteiger partial charge in [-0.15, -0.1) is 0 Å². The molecule has 2 aromatic heterocycles. The number of rotatable bonds is 5. The highest BCUT2D eigenvalue weighted by molar-refractivity contribution is 5.32. The fourth-order valence-electron chi connectivity index (χ4n) is 1.85. The molecular formula is C14H20N4O. The molecule has 2 aromatic rings. The van der Waals surface area contributed by atoms with Crippen molar-refractivity contribution in [2.45, 2.75) is 32.7 Å². The van der Waals surface area contributed by atoms with Crippen LogP contribution in [0, 0.1) is 6.92 Å². The van der Waals surface area contributed by atoms with Crippen LogP contribution in [0.3, 0.4) is 0 Å². The second kappa shape index (κ2) is 5.84. The molecule has 2 N–H and O–H groups in total. The highest BCUT2D eigenvalue weighted by Gasteiger charge is 2.08. The van der Waals surface area contributed by atoms with Crippen LogP contribution in [0.15, 0.2) is 24.7 Å². The van der Waals surface area contributed by atoms with Gasteiger partial charge in [-0.3, -0.25) is 4.68 Å². The van der Waals surface area contributed by atoms with Crippen molar-refractivity contribution >= 4 is 0 Å². The number of aryl methyl sites for hydroxylation is 2. The Morgan fingerprint density at radius 2 is 2.21 bits per heavy atom. The molecular weight excluding hydrogens is 240 g/mol. The van der Waals surface area contributed by atoms with Gasteiger partial charge in [0, 0.05) is 24.8 Å². The topological polar surface area (TPSA) is 66.0 Å². The lowest BCUT2D eigenvalue weighted by Crippen LogP contribution is -2.21. The molecule has 0 spiro atoms. The van der Waals surface area contributed by atoms with Crippen molar-refractivity contribution in [2.24, 2.45) is 12.8 Å². The van der Waals surface area contributed by atoms with Gasteiger partial charge in [-0.1, -0.05) is 6.92 Å². The minimum Gasteiger partial charge on any atom is -0.435 e. The average molecular weight is 260 g/mol. The summed E-state index contributed by atoms with van der Waals surface area (Å²) in [7, 11) is 1.85. The van der Waals surface area contributed by atoms with E-state index in [1.165, 1.54) is 0 Å². The third-order valence-electron chi connectivity index (χ3n) is 3.00. The fourth-order valence-corrected chi connectivity index (χ4v) is 1.85. The normalized spacial score (nSPS) is 12.4. The molecule has 102 valence electrons.